The summed E-state index contributed by atoms with van der Waals surface area (Å²) in [5.74, 6) is 1.26. The Bertz CT molecular complexity index is 518. The number of carbonyl (C=O) groups is 2. The van der Waals surface area contributed by atoms with Gasteiger partial charge < -0.3 is 14.4 Å². The summed E-state index contributed by atoms with van der Waals surface area (Å²) in [6, 6.07) is 0.264. The van der Waals surface area contributed by atoms with Crippen LogP contribution in [0.3, 0.4) is 0 Å². The molecule has 22 heavy (non-hydrogen) atoms. The smallest absolute Gasteiger partial charge is 0.223 e. The number of aromatic nitrogens is 2. The molecule has 0 bridgehead atoms. The van der Waals surface area contributed by atoms with Crippen LogP contribution in [-0.2, 0) is 22.6 Å². The second-order valence-corrected chi connectivity index (χ2v) is 5.87. The van der Waals surface area contributed by atoms with Crippen LogP contribution < -0.4 is 0 Å². The number of likely N-dealkylation sites (tertiary alicyclic amines) is 1. The summed E-state index contributed by atoms with van der Waals surface area (Å²) in [5.41, 5.74) is 0. The van der Waals surface area contributed by atoms with E-state index in [1.54, 1.807) is 18.0 Å². The normalized spacial score (nSPS) is 15.9. The average Bonchev–Trinajstić information content (AvgIpc) is 2.99. The van der Waals surface area contributed by atoms with Crippen LogP contribution in [0, 0.1) is 0 Å². The second kappa shape index (κ2) is 7.42. The summed E-state index contributed by atoms with van der Waals surface area (Å²) in [6.45, 7) is 6.02. The molecule has 1 aliphatic heterocycles. The zero-order chi connectivity index (χ0) is 16.1. The summed E-state index contributed by atoms with van der Waals surface area (Å²) in [6.07, 6.45) is 6.66. The van der Waals surface area contributed by atoms with E-state index in [1.807, 2.05) is 18.1 Å². The van der Waals surface area contributed by atoms with Crippen molar-refractivity contribution in [1.82, 2.24) is 19.4 Å². The van der Waals surface area contributed by atoms with E-state index in [4.69, 9.17) is 0 Å². The number of hydrogen-bond donors (Lipinski definition) is 0. The Kier molecular flexibility index (Phi) is 5.57. The first-order valence-corrected chi connectivity index (χ1v) is 8.04. The molecule has 0 unspecified atom stereocenters. The van der Waals surface area contributed by atoms with Crippen molar-refractivity contribution in [3.63, 3.8) is 0 Å². The van der Waals surface area contributed by atoms with E-state index in [2.05, 4.69) is 16.5 Å². The van der Waals surface area contributed by atoms with Crippen LogP contribution in [0.2, 0.25) is 0 Å². The minimum Gasteiger partial charge on any atom is -0.343 e. The summed E-state index contributed by atoms with van der Waals surface area (Å²) < 4.78 is 2.07. The minimum absolute atomic E-state index is 0.0937. The van der Waals surface area contributed by atoms with Crippen LogP contribution in [0.15, 0.2) is 12.4 Å². The fraction of sp³-hybridized carbons (Fsp3) is 0.688. The quantitative estimate of drug-likeness (QED) is 0.824. The lowest BCUT2D eigenvalue weighted by atomic mass is 10.0. The molecular formula is C16H26N4O2. The van der Waals surface area contributed by atoms with E-state index >= 15 is 0 Å². The predicted octanol–water partition coefficient (Wildman–Crippen LogP) is 1.30. The number of aryl methyl sites for hydroxylation is 2. The average molecular weight is 306 g/mol. The van der Waals surface area contributed by atoms with Crippen LogP contribution >= 0.6 is 0 Å². The topological polar surface area (TPSA) is 58.4 Å². The molecule has 0 aromatic carbocycles. The lowest BCUT2D eigenvalue weighted by molar-refractivity contribution is -0.134. The van der Waals surface area contributed by atoms with Crippen LogP contribution in [0.5, 0.6) is 0 Å². The molecule has 6 nitrogen and oxygen atoms in total. The van der Waals surface area contributed by atoms with Gasteiger partial charge >= 0.3 is 0 Å². The zero-order valence-corrected chi connectivity index (χ0v) is 13.8. The number of hydrogen-bond acceptors (Lipinski definition) is 3. The Morgan fingerprint density at radius 2 is 2.05 bits per heavy atom. The highest BCUT2D eigenvalue weighted by Crippen LogP contribution is 2.16. The van der Waals surface area contributed by atoms with Crippen LogP contribution in [0.4, 0.5) is 0 Å². The molecule has 0 spiro atoms. The van der Waals surface area contributed by atoms with Gasteiger partial charge in [-0.2, -0.15) is 0 Å². The van der Waals surface area contributed by atoms with Crippen LogP contribution in [-0.4, -0.2) is 57.3 Å². The Labute approximate surface area is 132 Å². The maximum atomic E-state index is 12.3. The van der Waals surface area contributed by atoms with Crippen molar-refractivity contribution >= 4 is 11.8 Å². The third-order valence-corrected chi connectivity index (χ3v) is 4.57. The second-order valence-electron chi connectivity index (χ2n) is 5.87. The molecule has 122 valence electrons. The highest BCUT2D eigenvalue weighted by Gasteiger charge is 2.26. The Hall–Kier alpha value is -1.85. The van der Waals surface area contributed by atoms with Gasteiger partial charge in [-0.05, 0) is 19.8 Å². The molecule has 0 N–H and O–H groups in total. The number of amides is 2. The SMILES string of the molecule is CCn1ccnc1CCC(=O)N1CCC(N(C)C(C)=O)CC1. The third kappa shape index (κ3) is 3.87. The molecule has 2 heterocycles. The fourth-order valence-corrected chi connectivity index (χ4v) is 2.99. The van der Waals surface area contributed by atoms with Gasteiger partial charge in [0.1, 0.15) is 5.82 Å². The highest BCUT2D eigenvalue weighted by atomic mass is 16.2. The molecular weight excluding hydrogens is 280 g/mol. The summed E-state index contributed by atoms with van der Waals surface area (Å²) in [4.78, 5) is 31.7. The molecule has 0 aliphatic carbocycles. The maximum absolute atomic E-state index is 12.3. The lowest BCUT2D eigenvalue weighted by Crippen LogP contribution is -2.46. The van der Waals surface area contributed by atoms with Gasteiger partial charge in [0, 0.05) is 64.9 Å². The zero-order valence-electron chi connectivity index (χ0n) is 13.8. The Morgan fingerprint density at radius 3 is 2.64 bits per heavy atom. The van der Waals surface area contributed by atoms with Crippen molar-refractivity contribution in [2.75, 3.05) is 20.1 Å². The number of carbonyl (C=O) groups excluding carboxylic acids is 2. The molecule has 1 aliphatic rings. The predicted molar refractivity (Wildman–Crippen MR) is 84.3 cm³/mol. The molecule has 6 heteroatoms. The van der Waals surface area contributed by atoms with Crippen molar-refractivity contribution < 1.29 is 9.59 Å². The standard InChI is InChI=1S/C16H26N4O2/c1-4-19-12-9-17-15(19)5-6-16(22)20-10-7-14(8-11-20)18(3)13(2)21/h9,12,14H,4-8,10-11H2,1-3H3. The molecule has 1 fully saturated rings. The van der Waals surface area contributed by atoms with Gasteiger partial charge in [0.25, 0.3) is 0 Å². The fourth-order valence-electron chi connectivity index (χ4n) is 2.99. The first-order chi connectivity index (χ1) is 10.5. The Balaban J connectivity index is 1.79. The monoisotopic (exact) mass is 306 g/mol. The van der Waals surface area contributed by atoms with Crippen LogP contribution in [0.1, 0.15) is 38.9 Å². The van der Waals surface area contributed by atoms with Crippen molar-refractivity contribution in [1.29, 1.82) is 0 Å². The first-order valence-electron chi connectivity index (χ1n) is 8.04. The molecule has 1 aromatic heterocycles. The maximum Gasteiger partial charge on any atom is 0.223 e. The number of piperidine rings is 1. The Morgan fingerprint density at radius 1 is 1.36 bits per heavy atom. The lowest BCUT2D eigenvalue weighted by Gasteiger charge is -2.36. The molecule has 2 amide bonds. The van der Waals surface area contributed by atoms with Crippen molar-refractivity contribution in [3.05, 3.63) is 18.2 Å². The van der Waals surface area contributed by atoms with Gasteiger partial charge in [-0.25, -0.2) is 4.98 Å². The number of rotatable bonds is 5. The first kappa shape index (κ1) is 16.5. The largest absolute Gasteiger partial charge is 0.343 e. The third-order valence-electron chi connectivity index (χ3n) is 4.57. The minimum atomic E-state index is 0.0937. The van der Waals surface area contributed by atoms with Gasteiger partial charge in [-0.15, -0.1) is 0 Å². The van der Waals surface area contributed by atoms with E-state index in [-0.39, 0.29) is 17.9 Å². The van der Waals surface area contributed by atoms with Gasteiger partial charge in [0.15, 0.2) is 0 Å². The molecule has 1 saturated heterocycles. The van der Waals surface area contributed by atoms with Gasteiger partial charge in [-0.3, -0.25) is 9.59 Å². The highest BCUT2D eigenvalue weighted by molar-refractivity contribution is 5.76. The van der Waals surface area contributed by atoms with Crippen LogP contribution in [0.25, 0.3) is 0 Å². The van der Waals surface area contributed by atoms with E-state index < -0.39 is 0 Å². The molecule has 2 rings (SSSR count). The van der Waals surface area contributed by atoms with Crippen molar-refractivity contribution in [2.24, 2.45) is 0 Å². The van der Waals surface area contributed by atoms with Crippen molar-refractivity contribution in [3.8, 4) is 0 Å². The molecule has 1 aromatic rings. The number of imidazole rings is 1. The van der Waals surface area contributed by atoms with E-state index in [0.29, 0.717) is 12.8 Å². The van der Waals surface area contributed by atoms with Gasteiger partial charge in [0.05, 0.1) is 0 Å². The van der Waals surface area contributed by atoms with E-state index in [1.165, 1.54) is 0 Å². The van der Waals surface area contributed by atoms with E-state index in [0.717, 1.165) is 38.3 Å². The van der Waals surface area contributed by atoms with E-state index in [9.17, 15) is 9.59 Å². The van der Waals surface area contributed by atoms with Gasteiger partial charge in [-0.1, -0.05) is 0 Å². The van der Waals surface area contributed by atoms with Crippen molar-refractivity contribution in [2.45, 2.75) is 52.1 Å². The summed E-state index contributed by atoms with van der Waals surface area (Å²) >= 11 is 0. The summed E-state index contributed by atoms with van der Waals surface area (Å²) in [5, 5.41) is 0. The molecule has 0 saturated carbocycles. The molecule has 0 atom stereocenters. The summed E-state index contributed by atoms with van der Waals surface area (Å²) in [7, 11) is 1.84. The van der Waals surface area contributed by atoms with Gasteiger partial charge in [0.2, 0.25) is 11.8 Å². The molecule has 0 radical (unpaired) electrons. The number of nitrogens with zero attached hydrogens (tertiary/aromatic N) is 4.